The molecule has 150 valence electrons. The van der Waals surface area contributed by atoms with Crippen molar-refractivity contribution in [3.05, 3.63) is 48.2 Å². The van der Waals surface area contributed by atoms with Gasteiger partial charge < -0.3 is 14.4 Å². The zero-order valence-electron chi connectivity index (χ0n) is 15.7. The van der Waals surface area contributed by atoms with E-state index < -0.39 is 16.0 Å². The second kappa shape index (κ2) is 8.63. The van der Waals surface area contributed by atoms with Gasteiger partial charge in [0.2, 0.25) is 10.0 Å². The van der Waals surface area contributed by atoms with Crippen molar-refractivity contribution >= 4 is 21.8 Å². The van der Waals surface area contributed by atoms with E-state index >= 15 is 0 Å². The topological polar surface area (TPSA) is 102 Å². The Balaban J connectivity index is 1.73. The first-order valence-corrected chi connectivity index (χ1v) is 10.1. The molecule has 0 aliphatic carbocycles. The van der Waals surface area contributed by atoms with Crippen LogP contribution in [0.25, 0.3) is 0 Å². The van der Waals surface area contributed by atoms with Crippen LogP contribution in [0, 0.1) is 0 Å². The fourth-order valence-corrected chi connectivity index (χ4v) is 4.47. The number of nitrogens with zero attached hydrogens (tertiary/aromatic N) is 4. The highest BCUT2D eigenvalue weighted by Crippen LogP contribution is 2.21. The molecule has 1 aliphatic rings. The van der Waals surface area contributed by atoms with E-state index in [-0.39, 0.29) is 36.3 Å². The molecule has 0 bridgehead atoms. The maximum Gasteiger partial charge on any atom is 0.337 e. The lowest BCUT2D eigenvalue weighted by molar-refractivity contribution is 0.00391. The number of morpholine rings is 1. The fraction of sp³-hybridized carbons (Fsp3) is 0.389. The number of esters is 1. The monoisotopic (exact) mass is 406 g/mol. The van der Waals surface area contributed by atoms with E-state index in [0.29, 0.717) is 12.4 Å². The Morgan fingerprint density at radius 3 is 2.89 bits per heavy atom. The van der Waals surface area contributed by atoms with E-state index in [0.717, 1.165) is 0 Å². The fourth-order valence-electron chi connectivity index (χ4n) is 2.97. The number of carbonyl (C=O) groups excluding carboxylic acids is 1. The number of aromatic nitrogens is 2. The molecular formula is C18H22N4O5S. The maximum atomic E-state index is 13.0. The van der Waals surface area contributed by atoms with Crippen molar-refractivity contribution in [3.8, 4) is 0 Å². The van der Waals surface area contributed by atoms with E-state index in [1.54, 1.807) is 12.3 Å². The molecule has 0 N–H and O–H groups in total. The first-order chi connectivity index (χ1) is 13.4. The molecule has 0 saturated carbocycles. The highest BCUT2D eigenvalue weighted by Gasteiger charge is 2.32. The highest BCUT2D eigenvalue weighted by molar-refractivity contribution is 7.89. The summed E-state index contributed by atoms with van der Waals surface area (Å²) in [6.07, 6.45) is 1.27. The Hall–Kier alpha value is -2.56. The standard InChI is InChI=1S/C18H22N4O5S/c1-21(17-7-4-8-19-20-17)12-15-13-22(9-10-27-15)28(24,25)16-6-3-5-14(11-16)18(23)26-2/h3-8,11,15H,9-10,12-13H2,1-2H3. The second-order valence-corrected chi connectivity index (χ2v) is 8.28. The zero-order chi connectivity index (χ0) is 20.1. The van der Waals surface area contributed by atoms with Crippen LogP contribution in [0.15, 0.2) is 47.5 Å². The molecule has 1 unspecified atom stereocenters. The Kier molecular flexibility index (Phi) is 6.22. The Morgan fingerprint density at radius 2 is 2.18 bits per heavy atom. The molecule has 2 heterocycles. The van der Waals surface area contributed by atoms with Gasteiger partial charge in [-0.2, -0.15) is 9.40 Å². The summed E-state index contributed by atoms with van der Waals surface area (Å²) in [4.78, 5) is 13.6. The van der Waals surface area contributed by atoms with Crippen LogP contribution in [0.1, 0.15) is 10.4 Å². The molecule has 28 heavy (non-hydrogen) atoms. The van der Waals surface area contributed by atoms with Crippen LogP contribution in [-0.2, 0) is 19.5 Å². The summed E-state index contributed by atoms with van der Waals surface area (Å²) >= 11 is 0. The third-order valence-electron chi connectivity index (χ3n) is 4.42. The molecule has 9 nitrogen and oxygen atoms in total. The molecule has 1 aliphatic heterocycles. The van der Waals surface area contributed by atoms with Gasteiger partial charge in [-0.3, -0.25) is 0 Å². The van der Waals surface area contributed by atoms with Crippen molar-refractivity contribution < 1.29 is 22.7 Å². The predicted molar refractivity (Wildman–Crippen MR) is 102 cm³/mol. The van der Waals surface area contributed by atoms with Gasteiger partial charge in [0, 0.05) is 32.9 Å². The summed E-state index contributed by atoms with van der Waals surface area (Å²) in [5.41, 5.74) is 0.191. The minimum Gasteiger partial charge on any atom is -0.465 e. The summed E-state index contributed by atoms with van der Waals surface area (Å²) in [6.45, 7) is 1.20. The number of carbonyl (C=O) groups is 1. The summed E-state index contributed by atoms with van der Waals surface area (Å²) in [7, 11) is -0.659. The molecule has 10 heteroatoms. The highest BCUT2D eigenvalue weighted by atomic mass is 32.2. The van der Waals surface area contributed by atoms with Crippen LogP contribution in [0.3, 0.4) is 0 Å². The van der Waals surface area contributed by atoms with Crippen molar-refractivity contribution in [1.82, 2.24) is 14.5 Å². The lowest BCUT2D eigenvalue weighted by Gasteiger charge is -2.34. The van der Waals surface area contributed by atoms with Gasteiger partial charge in [0.05, 0.1) is 30.3 Å². The van der Waals surface area contributed by atoms with Crippen molar-refractivity contribution in [2.45, 2.75) is 11.0 Å². The van der Waals surface area contributed by atoms with E-state index in [1.807, 2.05) is 18.0 Å². The van der Waals surface area contributed by atoms with Crippen LogP contribution in [0.2, 0.25) is 0 Å². The van der Waals surface area contributed by atoms with E-state index in [2.05, 4.69) is 14.9 Å². The van der Waals surface area contributed by atoms with Crippen LogP contribution < -0.4 is 4.90 Å². The van der Waals surface area contributed by atoms with Gasteiger partial charge in [-0.05, 0) is 30.3 Å². The van der Waals surface area contributed by atoms with Crippen LogP contribution in [-0.4, -0.2) is 75.4 Å². The number of rotatable bonds is 6. The van der Waals surface area contributed by atoms with Gasteiger partial charge in [-0.1, -0.05) is 6.07 Å². The molecule has 1 aromatic carbocycles. The summed E-state index contributed by atoms with van der Waals surface area (Å²) in [5.74, 6) is 0.0966. The van der Waals surface area contributed by atoms with Gasteiger partial charge in [0.25, 0.3) is 0 Å². The molecule has 1 fully saturated rings. The number of likely N-dealkylation sites (N-methyl/N-ethyl adjacent to an activating group) is 1. The minimum absolute atomic E-state index is 0.0540. The third-order valence-corrected chi connectivity index (χ3v) is 6.28. The van der Waals surface area contributed by atoms with Gasteiger partial charge in [0.1, 0.15) is 0 Å². The predicted octanol–water partition coefficient (Wildman–Crippen LogP) is 0.789. The van der Waals surface area contributed by atoms with Crippen molar-refractivity contribution in [3.63, 3.8) is 0 Å². The average Bonchev–Trinajstić information content (AvgIpc) is 2.74. The Bertz CT molecular complexity index is 923. The normalized spacial score (nSPS) is 17.9. The molecule has 0 spiro atoms. The van der Waals surface area contributed by atoms with Crippen LogP contribution in [0.5, 0.6) is 0 Å². The van der Waals surface area contributed by atoms with Crippen molar-refractivity contribution in [2.24, 2.45) is 0 Å². The van der Waals surface area contributed by atoms with E-state index in [4.69, 9.17) is 4.74 Å². The minimum atomic E-state index is -3.76. The molecule has 0 radical (unpaired) electrons. The smallest absolute Gasteiger partial charge is 0.337 e. The van der Waals surface area contributed by atoms with Gasteiger partial charge in [-0.25, -0.2) is 13.2 Å². The van der Waals surface area contributed by atoms with Gasteiger partial charge in [-0.15, -0.1) is 5.10 Å². The lowest BCUT2D eigenvalue weighted by Crippen LogP contribution is -2.49. The number of hydrogen-bond donors (Lipinski definition) is 0. The molecular weight excluding hydrogens is 384 g/mol. The van der Waals surface area contributed by atoms with E-state index in [9.17, 15) is 13.2 Å². The summed E-state index contributed by atoms with van der Waals surface area (Å²) in [6, 6.07) is 9.45. The molecule has 2 aromatic rings. The van der Waals surface area contributed by atoms with Gasteiger partial charge >= 0.3 is 5.97 Å². The first-order valence-electron chi connectivity index (χ1n) is 8.71. The van der Waals surface area contributed by atoms with Crippen LogP contribution in [0.4, 0.5) is 5.82 Å². The largest absolute Gasteiger partial charge is 0.465 e. The molecule has 1 saturated heterocycles. The number of hydrogen-bond acceptors (Lipinski definition) is 8. The van der Waals surface area contributed by atoms with Crippen molar-refractivity contribution in [1.29, 1.82) is 0 Å². The summed E-state index contributed by atoms with van der Waals surface area (Å²) < 4.78 is 37.9. The SMILES string of the molecule is COC(=O)c1cccc(S(=O)(=O)N2CCOC(CN(C)c3cccnn3)C2)c1. The zero-order valence-corrected chi connectivity index (χ0v) is 16.5. The third kappa shape index (κ3) is 4.46. The first kappa shape index (κ1) is 20.2. The number of sulfonamides is 1. The Labute approximate surface area is 163 Å². The van der Waals surface area contributed by atoms with Crippen molar-refractivity contribution in [2.75, 3.05) is 45.3 Å². The lowest BCUT2D eigenvalue weighted by atomic mass is 10.2. The number of benzene rings is 1. The van der Waals surface area contributed by atoms with Crippen LogP contribution >= 0.6 is 0 Å². The molecule has 0 amide bonds. The number of anilines is 1. The maximum absolute atomic E-state index is 13.0. The van der Waals surface area contributed by atoms with E-state index in [1.165, 1.54) is 35.7 Å². The Morgan fingerprint density at radius 1 is 1.36 bits per heavy atom. The second-order valence-electron chi connectivity index (χ2n) is 6.34. The molecule has 1 aromatic heterocycles. The number of methoxy groups -OCH3 is 1. The molecule has 1 atom stereocenters. The molecule has 3 rings (SSSR count). The average molecular weight is 406 g/mol. The summed E-state index contributed by atoms with van der Waals surface area (Å²) in [5, 5.41) is 7.88. The van der Waals surface area contributed by atoms with Gasteiger partial charge in [0.15, 0.2) is 5.82 Å². The quantitative estimate of drug-likeness (QED) is 0.649. The number of ether oxygens (including phenoxy) is 2.